The van der Waals surface area contributed by atoms with E-state index in [-0.39, 0.29) is 5.56 Å². The molecule has 1 N–H and O–H groups in total. The maximum absolute atomic E-state index is 12.7. The molecule has 0 aliphatic heterocycles. The fourth-order valence-electron chi connectivity index (χ4n) is 2.07. The molecule has 2 aromatic carbocycles. The number of nitrogens with one attached hydrogen (secondary N) is 1. The van der Waals surface area contributed by atoms with Crippen LogP contribution in [0, 0.1) is 0 Å². The van der Waals surface area contributed by atoms with Gasteiger partial charge in [-0.3, -0.25) is 10.1 Å². The number of benzene rings is 2. The van der Waals surface area contributed by atoms with Crippen molar-refractivity contribution in [1.29, 1.82) is 0 Å². The number of thiazole rings is 1. The Labute approximate surface area is 139 Å². The topological polar surface area (TPSA) is 42.0 Å². The summed E-state index contributed by atoms with van der Waals surface area (Å²) in [6.07, 6.45) is -2.88. The van der Waals surface area contributed by atoms with Gasteiger partial charge in [-0.25, -0.2) is 4.98 Å². The molecule has 0 atom stereocenters. The summed E-state index contributed by atoms with van der Waals surface area (Å²) in [5, 5.41) is 2.86. The SMILES string of the molecule is O=C(Nc1ncc(-c2ccccc2)s1)c1cccc(C(F)(F)F)c1. The number of alkyl halides is 3. The van der Waals surface area contributed by atoms with Crippen molar-refractivity contribution in [2.24, 2.45) is 0 Å². The van der Waals surface area contributed by atoms with Crippen LogP contribution in [0.4, 0.5) is 18.3 Å². The number of nitrogens with zero attached hydrogens (tertiary/aromatic N) is 1. The third-order valence-corrected chi connectivity index (χ3v) is 4.20. The molecule has 0 unspecified atom stereocenters. The average molecular weight is 348 g/mol. The van der Waals surface area contributed by atoms with Crippen LogP contribution < -0.4 is 5.32 Å². The second-order valence-electron chi connectivity index (χ2n) is 4.93. The highest BCUT2D eigenvalue weighted by molar-refractivity contribution is 7.19. The number of hydrogen-bond acceptors (Lipinski definition) is 3. The molecule has 3 aromatic rings. The van der Waals surface area contributed by atoms with Gasteiger partial charge in [0.15, 0.2) is 5.13 Å². The van der Waals surface area contributed by atoms with Gasteiger partial charge in [0, 0.05) is 11.8 Å². The Kier molecular flexibility index (Phi) is 4.35. The fraction of sp³-hybridized carbons (Fsp3) is 0.0588. The van der Waals surface area contributed by atoms with Crippen LogP contribution in [0.25, 0.3) is 10.4 Å². The molecule has 0 bridgehead atoms. The van der Waals surface area contributed by atoms with Gasteiger partial charge in [0.1, 0.15) is 0 Å². The normalized spacial score (nSPS) is 11.3. The zero-order valence-electron chi connectivity index (χ0n) is 12.2. The maximum atomic E-state index is 12.7. The molecule has 1 aromatic heterocycles. The fourth-order valence-corrected chi connectivity index (χ4v) is 2.89. The second kappa shape index (κ2) is 6.45. The van der Waals surface area contributed by atoms with Gasteiger partial charge in [-0.2, -0.15) is 13.2 Å². The van der Waals surface area contributed by atoms with E-state index in [9.17, 15) is 18.0 Å². The zero-order chi connectivity index (χ0) is 17.2. The summed E-state index contributed by atoms with van der Waals surface area (Å²) in [5.74, 6) is -0.630. The molecule has 0 spiro atoms. The van der Waals surface area contributed by atoms with Crippen LogP contribution >= 0.6 is 11.3 Å². The van der Waals surface area contributed by atoms with Crippen molar-refractivity contribution in [2.45, 2.75) is 6.18 Å². The van der Waals surface area contributed by atoms with Gasteiger partial charge >= 0.3 is 6.18 Å². The van der Waals surface area contributed by atoms with E-state index in [2.05, 4.69) is 10.3 Å². The zero-order valence-corrected chi connectivity index (χ0v) is 13.0. The van der Waals surface area contributed by atoms with E-state index in [1.807, 2.05) is 30.3 Å². The van der Waals surface area contributed by atoms with E-state index in [4.69, 9.17) is 0 Å². The van der Waals surface area contributed by atoms with E-state index in [1.54, 1.807) is 6.20 Å². The molecule has 7 heteroatoms. The van der Waals surface area contributed by atoms with Crippen molar-refractivity contribution in [3.63, 3.8) is 0 Å². The maximum Gasteiger partial charge on any atom is 0.416 e. The summed E-state index contributed by atoms with van der Waals surface area (Å²) in [6.45, 7) is 0. The highest BCUT2D eigenvalue weighted by Gasteiger charge is 2.30. The Morgan fingerprint density at radius 3 is 2.50 bits per heavy atom. The Bertz CT molecular complexity index is 860. The van der Waals surface area contributed by atoms with Crippen molar-refractivity contribution in [3.8, 4) is 10.4 Å². The minimum absolute atomic E-state index is 0.0683. The third kappa shape index (κ3) is 3.62. The lowest BCUT2D eigenvalue weighted by Crippen LogP contribution is -2.13. The molecule has 3 nitrogen and oxygen atoms in total. The van der Waals surface area contributed by atoms with E-state index in [0.29, 0.717) is 5.13 Å². The van der Waals surface area contributed by atoms with Crippen LogP contribution in [-0.4, -0.2) is 10.9 Å². The predicted octanol–water partition coefficient (Wildman–Crippen LogP) is 5.08. The highest BCUT2D eigenvalue weighted by atomic mass is 32.1. The first kappa shape index (κ1) is 16.2. The summed E-state index contributed by atoms with van der Waals surface area (Å²) in [5.41, 5.74) is 0.0233. The molecule has 3 rings (SSSR count). The Balaban J connectivity index is 1.77. The molecule has 24 heavy (non-hydrogen) atoms. The van der Waals surface area contributed by atoms with E-state index < -0.39 is 17.6 Å². The molecule has 122 valence electrons. The van der Waals surface area contributed by atoms with Crippen LogP contribution in [0.5, 0.6) is 0 Å². The van der Waals surface area contributed by atoms with E-state index >= 15 is 0 Å². The number of rotatable bonds is 3. The molecule has 0 fully saturated rings. The van der Waals surface area contributed by atoms with Crippen LogP contribution in [0.2, 0.25) is 0 Å². The lowest BCUT2D eigenvalue weighted by Gasteiger charge is -2.08. The van der Waals surface area contributed by atoms with Gasteiger partial charge in [-0.05, 0) is 23.8 Å². The molecule has 0 saturated carbocycles. The van der Waals surface area contributed by atoms with Gasteiger partial charge in [0.25, 0.3) is 5.91 Å². The van der Waals surface area contributed by atoms with Crippen LogP contribution in [0.3, 0.4) is 0 Å². The van der Waals surface area contributed by atoms with Gasteiger partial charge in [0.2, 0.25) is 0 Å². The van der Waals surface area contributed by atoms with Crippen LogP contribution in [0.1, 0.15) is 15.9 Å². The number of carbonyl (C=O) groups excluding carboxylic acids is 1. The minimum atomic E-state index is -4.49. The summed E-state index contributed by atoms with van der Waals surface area (Å²) in [7, 11) is 0. The molecule has 0 radical (unpaired) electrons. The average Bonchev–Trinajstić information content (AvgIpc) is 3.03. The Morgan fingerprint density at radius 2 is 1.79 bits per heavy atom. The number of anilines is 1. The van der Waals surface area contributed by atoms with Crippen molar-refractivity contribution in [3.05, 3.63) is 71.9 Å². The summed E-state index contributed by atoms with van der Waals surface area (Å²) in [4.78, 5) is 17.1. The smallest absolute Gasteiger partial charge is 0.298 e. The standard InChI is InChI=1S/C17H11F3N2OS/c18-17(19,20)13-8-4-7-12(9-13)15(23)22-16-21-10-14(24-16)11-5-2-1-3-6-11/h1-10H,(H,21,22,23). The highest BCUT2D eigenvalue weighted by Crippen LogP contribution is 2.31. The predicted molar refractivity (Wildman–Crippen MR) is 86.9 cm³/mol. The van der Waals surface area contributed by atoms with Gasteiger partial charge in [0.05, 0.1) is 10.4 Å². The Hall–Kier alpha value is -2.67. The minimum Gasteiger partial charge on any atom is -0.298 e. The van der Waals surface area contributed by atoms with Crippen molar-refractivity contribution in [2.75, 3.05) is 5.32 Å². The second-order valence-corrected chi connectivity index (χ2v) is 5.96. The first-order chi connectivity index (χ1) is 11.4. The molecule has 1 amide bonds. The molecule has 0 saturated heterocycles. The van der Waals surface area contributed by atoms with Crippen LogP contribution in [-0.2, 0) is 6.18 Å². The first-order valence-electron chi connectivity index (χ1n) is 6.93. The number of carbonyl (C=O) groups is 1. The molecule has 0 aliphatic carbocycles. The molecular formula is C17H11F3N2OS. The number of halogens is 3. The van der Waals surface area contributed by atoms with Crippen LogP contribution in [0.15, 0.2) is 60.8 Å². The quantitative estimate of drug-likeness (QED) is 0.717. The van der Waals surface area contributed by atoms with Gasteiger partial charge in [-0.15, -0.1) is 0 Å². The van der Waals surface area contributed by atoms with Gasteiger partial charge in [-0.1, -0.05) is 47.7 Å². The number of amides is 1. The van der Waals surface area contributed by atoms with Crippen molar-refractivity contribution >= 4 is 22.4 Å². The Morgan fingerprint density at radius 1 is 1.04 bits per heavy atom. The van der Waals surface area contributed by atoms with Gasteiger partial charge < -0.3 is 0 Å². The molecular weight excluding hydrogens is 337 g/mol. The van der Waals surface area contributed by atoms with E-state index in [0.717, 1.165) is 22.6 Å². The summed E-state index contributed by atoms with van der Waals surface area (Å²) < 4.78 is 38.1. The lowest BCUT2D eigenvalue weighted by molar-refractivity contribution is -0.137. The lowest BCUT2D eigenvalue weighted by atomic mass is 10.1. The summed E-state index contributed by atoms with van der Waals surface area (Å²) in [6, 6.07) is 13.8. The number of hydrogen-bond donors (Lipinski definition) is 1. The summed E-state index contributed by atoms with van der Waals surface area (Å²) >= 11 is 1.25. The monoisotopic (exact) mass is 348 g/mol. The van der Waals surface area contributed by atoms with E-state index in [1.165, 1.54) is 23.5 Å². The molecule has 1 heterocycles. The molecule has 0 aliphatic rings. The largest absolute Gasteiger partial charge is 0.416 e. The van der Waals surface area contributed by atoms with Crippen molar-refractivity contribution in [1.82, 2.24) is 4.98 Å². The van der Waals surface area contributed by atoms with Crippen molar-refractivity contribution < 1.29 is 18.0 Å². The third-order valence-electron chi connectivity index (χ3n) is 3.24. The first-order valence-corrected chi connectivity index (χ1v) is 7.75. The number of aromatic nitrogens is 1.